The number of thioether (sulfide) groups is 1. The predicted octanol–water partition coefficient (Wildman–Crippen LogP) is 3.16. The lowest BCUT2D eigenvalue weighted by atomic mass is 9.97. The third kappa shape index (κ3) is 3.84. The number of fused-ring (bicyclic) bond motifs is 2. The standard InChI is InChI=1S/C21H24N4O3S2/c1-3-24-19-11-10-16(30(22,27)28)12-17(19)23-21(24)29-13-20(26)25-14(2)8-9-15-6-4-5-7-18(15)25/h4-7,10-12,14H,3,8-9,13H2,1-2H3,(H2,22,27,28). The fraction of sp³-hybridized carbons (Fsp3) is 0.333. The normalized spacial score (nSPS) is 16.6. The molecule has 1 aromatic heterocycles. The first-order valence-corrected chi connectivity index (χ1v) is 12.4. The van der Waals surface area contributed by atoms with Crippen LogP contribution in [0.25, 0.3) is 11.0 Å². The minimum Gasteiger partial charge on any atom is -0.319 e. The molecule has 1 amide bonds. The number of rotatable bonds is 5. The lowest BCUT2D eigenvalue weighted by Crippen LogP contribution is -2.43. The van der Waals surface area contributed by atoms with Gasteiger partial charge in [-0.1, -0.05) is 30.0 Å². The molecule has 2 heterocycles. The maximum Gasteiger partial charge on any atom is 0.238 e. The van der Waals surface area contributed by atoms with Crippen molar-refractivity contribution in [3.63, 3.8) is 0 Å². The molecule has 9 heteroatoms. The van der Waals surface area contributed by atoms with Crippen LogP contribution in [0.15, 0.2) is 52.5 Å². The van der Waals surface area contributed by atoms with E-state index in [1.54, 1.807) is 6.07 Å². The van der Waals surface area contributed by atoms with Crippen molar-refractivity contribution >= 4 is 44.4 Å². The van der Waals surface area contributed by atoms with E-state index in [0.29, 0.717) is 17.2 Å². The summed E-state index contributed by atoms with van der Waals surface area (Å²) in [5, 5.41) is 5.93. The SMILES string of the molecule is CCn1c(SCC(=O)N2c3ccccc3CCC2C)nc2cc(S(N)(=O)=O)ccc21. The van der Waals surface area contributed by atoms with Gasteiger partial charge in [0, 0.05) is 18.3 Å². The number of sulfonamides is 1. The smallest absolute Gasteiger partial charge is 0.238 e. The minimum atomic E-state index is -3.80. The third-order valence-electron chi connectivity index (χ3n) is 5.45. The Morgan fingerprint density at radius 1 is 1.27 bits per heavy atom. The summed E-state index contributed by atoms with van der Waals surface area (Å²) in [7, 11) is -3.80. The summed E-state index contributed by atoms with van der Waals surface area (Å²) in [5.41, 5.74) is 3.56. The van der Waals surface area contributed by atoms with Crippen molar-refractivity contribution in [1.29, 1.82) is 0 Å². The van der Waals surface area contributed by atoms with Gasteiger partial charge in [0.1, 0.15) is 0 Å². The van der Waals surface area contributed by atoms with Crippen LogP contribution in [0.5, 0.6) is 0 Å². The Bertz CT molecular complexity index is 1220. The summed E-state index contributed by atoms with van der Waals surface area (Å²) in [4.78, 5) is 19.6. The van der Waals surface area contributed by atoms with Gasteiger partial charge in [0.05, 0.1) is 21.7 Å². The van der Waals surface area contributed by atoms with Crippen molar-refractivity contribution in [2.45, 2.75) is 49.3 Å². The largest absolute Gasteiger partial charge is 0.319 e. The molecule has 158 valence electrons. The van der Waals surface area contributed by atoms with Crippen LogP contribution in [0.1, 0.15) is 25.8 Å². The topological polar surface area (TPSA) is 98.3 Å². The molecule has 4 rings (SSSR count). The number of anilines is 1. The highest BCUT2D eigenvalue weighted by Gasteiger charge is 2.28. The summed E-state index contributed by atoms with van der Waals surface area (Å²) < 4.78 is 25.3. The minimum absolute atomic E-state index is 0.0297. The fourth-order valence-electron chi connectivity index (χ4n) is 3.94. The van der Waals surface area contributed by atoms with Crippen molar-refractivity contribution in [3.05, 3.63) is 48.0 Å². The van der Waals surface area contributed by atoms with E-state index in [-0.39, 0.29) is 22.6 Å². The Balaban J connectivity index is 1.60. The molecule has 0 aliphatic carbocycles. The average molecular weight is 445 g/mol. The van der Waals surface area contributed by atoms with Gasteiger partial charge in [0.2, 0.25) is 15.9 Å². The second-order valence-electron chi connectivity index (χ2n) is 7.40. The molecule has 0 fully saturated rings. The van der Waals surface area contributed by atoms with E-state index in [2.05, 4.69) is 18.0 Å². The zero-order valence-electron chi connectivity index (χ0n) is 16.9. The maximum atomic E-state index is 13.1. The number of nitrogens with two attached hydrogens (primary N) is 1. The summed E-state index contributed by atoms with van der Waals surface area (Å²) in [5.74, 6) is 0.295. The molecule has 1 aliphatic rings. The molecule has 7 nitrogen and oxygen atoms in total. The number of primary sulfonamides is 1. The van der Waals surface area contributed by atoms with E-state index in [1.807, 2.05) is 34.6 Å². The molecule has 3 aromatic rings. The molecule has 1 atom stereocenters. The maximum absolute atomic E-state index is 13.1. The van der Waals surface area contributed by atoms with Gasteiger partial charge in [-0.2, -0.15) is 0 Å². The number of hydrogen-bond acceptors (Lipinski definition) is 5. The van der Waals surface area contributed by atoms with Crippen molar-refractivity contribution < 1.29 is 13.2 Å². The number of para-hydroxylation sites is 1. The van der Waals surface area contributed by atoms with Gasteiger partial charge in [0.25, 0.3) is 0 Å². The Labute approximate surface area is 180 Å². The van der Waals surface area contributed by atoms with Crippen LogP contribution in [0.2, 0.25) is 0 Å². The van der Waals surface area contributed by atoms with E-state index in [9.17, 15) is 13.2 Å². The van der Waals surface area contributed by atoms with Crippen molar-refractivity contribution in [2.24, 2.45) is 5.14 Å². The second kappa shape index (κ2) is 8.05. The van der Waals surface area contributed by atoms with E-state index < -0.39 is 10.0 Å². The molecule has 0 saturated carbocycles. The van der Waals surface area contributed by atoms with Gasteiger partial charge in [-0.3, -0.25) is 4.79 Å². The van der Waals surface area contributed by atoms with Gasteiger partial charge >= 0.3 is 0 Å². The predicted molar refractivity (Wildman–Crippen MR) is 119 cm³/mol. The number of carbonyl (C=O) groups excluding carboxylic acids is 1. The summed E-state index contributed by atoms with van der Waals surface area (Å²) in [6, 6.07) is 12.9. The summed E-state index contributed by atoms with van der Waals surface area (Å²) in [6.07, 6.45) is 1.92. The van der Waals surface area contributed by atoms with Crippen LogP contribution < -0.4 is 10.0 Å². The van der Waals surface area contributed by atoms with Crippen LogP contribution in [0.4, 0.5) is 5.69 Å². The van der Waals surface area contributed by atoms with Crippen molar-refractivity contribution in [3.8, 4) is 0 Å². The number of carbonyl (C=O) groups is 1. The molecule has 0 radical (unpaired) electrons. The Hall–Kier alpha value is -2.36. The quantitative estimate of drug-likeness (QED) is 0.610. The lowest BCUT2D eigenvalue weighted by Gasteiger charge is -2.35. The molecule has 0 spiro atoms. The molecule has 1 unspecified atom stereocenters. The number of aromatic nitrogens is 2. The highest BCUT2D eigenvalue weighted by Crippen LogP contribution is 2.32. The van der Waals surface area contributed by atoms with Crippen LogP contribution >= 0.6 is 11.8 Å². The van der Waals surface area contributed by atoms with Crippen molar-refractivity contribution in [1.82, 2.24) is 9.55 Å². The number of benzene rings is 2. The van der Waals surface area contributed by atoms with Gasteiger partial charge in [-0.25, -0.2) is 18.5 Å². The highest BCUT2D eigenvalue weighted by atomic mass is 32.2. The monoisotopic (exact) mass is 444 g/mol. The van der Waals surface area contributed by atoms with Gasteiger partial charge in [-0.05, 0) is 56.5 Å². The molecule has 2 N–H and O–H groups in total. The first kappa shape index (κ1) is 20.9. The van der Waals surface area contributed by atoms with Crippen LogP contribution in [-0.2, 0) is 27.8 Å². The molecular weight excluding hydrogens is 420 g/mol. The lowest BCUT2D eigenvalue weighted by molar-refractivity contribution is -0.116. The van der Waals surface area contributed by atoms with Crippen LogP contribution in [0.3, 0.4) is 0 Å². The van der Waals surface area contributed by atoms with Gasteiger partial charge < -0.3 is 9.47 Å². The van der Waals surface area contributed by atoms with Crippen LogP contribution in [0, 0.1) is 0 Å². The zero-order chi connectivity index (χ0) is 21.5. The molecule has 1 aliphatic heterocycles. The summed E-state index contributed by atoms with van der Waals surface area (Å²) in [6.45, 7) is 4.73. The van der Waals surface area contributed by atoms with E-state index in [0.717, 1.165) is 24.0 Å². The van der Waals surface area contributed by atoms with E-state index >= 15 is 0 Å². The van der Waals surface area contributed by atoms with Gasteiger partial charge in [-0.15, -0.1) is 0 Å². The molecular formula is C21H24N4O3S2. The zero-order valence-corrected chi connectivity index (χ0v) is 18.5. The number of imidazole rings is 1. The Kier molecular flexibility index (Phi) is 5.61. The molecule has 0 bridgehead atoms. The summed E-state index contributed by atoms with van der Waals surface area (Å²) >= 11 is 1.37. The molecule has 0 saturated heterocycles. The Morgan fingerprint density at radius 2 is 2.03 bits per heavy atom. The van der Waals surface area contributed by atoms with Gasteiger partial charge in [0.15, 0.2) is 5.16 Å². The Morgan fingerprint density at radius 3 is 2.77 bits per heavy atom. The number of nitrogens with zero attached hydrogens (tertiary/aromatic N) is 3. The first-order chi connectivity index (χ1) is 14.3. The molecule has 2 aromatic carbocycles. The van der Waals surface area contributed by atoms with Crippen LogP contribution in [-0.4, -0.2) is 35.7 Å². The van der Waals surface area contributed by atoms with Crippen molar-refractivity contribution in [2.75, 3.05) is 10.7 Å². The third-order valence-corrected chi connectivity index (χ3v) is 7.32. The highest BCUT2D eigenvalue weighted by molar-refractivity contribution is 7.99. The number of aryl methyl sites for hydroxylation is 2. The average Bonchev–Trinajstić information content (AvgIpc) is 3.08. The fourth-order valence-corrected chi connectivity index (χ4v) is 5.42. The number of hydrogen-bond donors (Lipinski definition) is 1. The second-order valence-corrected chi connectivity index (χ2v) is 9.91. The molecule has 30 heavy (non-hydrogen) atoms. The van der Waals surface area contributed by atoms with E-state index in [1.165, 1.54) is 29.5 Å². The van der Waals surface area contributed by atoms with E-state index in [4.69, 9.17) is 5.14 Å². The number of amides is 1. The first-order valence-electron chi connectivity index (χ1n) is 9.85.